The SMILES string of the molecule is Cc1nc2c(C)c(-c3ccccc3)ccc2s1. The van der Waals surface area contributed by atoms with Crippen LogP contribution < -0.4 is 0 Å². The number of rotatable bonds is 1. The summed E-state index contributed by atoms with van der Waals surface area (Å²) in [5.41, 5.74) is 4.97. The van der Waals surface area contributed by atoms with Crippen LogP contribution in [0.5, 0.6) is 0 Å². The van der Waals surface area contributed by atoms with E-state index in [-0.39, 0.29) is 0 Å². The molecule has 0 radical (unpaired) electrons. The molecular formula is C15H13NS. The summed E-state index contributed by atoms with van der Waals surface area (Å²) in [4.78, 5) is 4.62. The predicted octanol–water partition coefficient (Wildman–Crippen LogP) is 4.58. The highest BCUT2D eigenvalue weighted by molar-refractivity contribution is 7.18. The third kappa shape index (κ3) is 1.75. The van der Waals surface area contributed by atoms with E-state index in [4.69, 9.17) is 0 Å². The predicted molar refractivity (Wildman–Crippen MR) is 74.5 cm³/mol. The van der Waals surface area contributed by atoms with Gasteiger partial charge in [-0.3, -0.25) is 0 Å². The number of aryl methyl sites for hydroxylation is 2. The Balaban J connectivity index is 2.28. The van der Waals surface area contributed by atoms with Crippen LogP contribution in [0.4, 0.5) is 0 Å². The fourth-order valence-corrected chi connectivity index (χ4v) is 3.05. The lowest BCUT2D eigenvalue weighted by Crippen LogP contribution is -1.84. The zero-order valence-corrected chi connectivity index (χ0v) is 10.7. The van der Waals surface area contributed by atoms with Crippen LogP contribution in [0.15, 0.2) is 42.5 Å². The Labute approximate surface area is 105 Å². The third-order valence-corrected chi connectivity index (χ3v) is 3.94. The topological polar surface area (TPSA) is 12.9 Å². The Morgan fingerprint density at radius 3 is 2.47 bits per heavy atom. The highest BCUT2D eigenvalue weighted by Crippen LogP contribution is 2.31. The molecule has 0 unspecified atom stereocenters. The van der Waals surface area contributed by atoms with E-state index >= 15 is 0 Å². The van der Waals surface area contributed by atoms with Crippen LogP contribution in [0.3, 0.4) is 0 Å². The van der Waals surface area contributed by atoms with Crippen molar-refractivity contribution in [3.8, 4) is 11.1 Å². The molecule has 0 fully saturated rings. The summed E-state index contributed by atoms with van der Waals surface area (Å²) in [7, 11) is 0. The highest BCUT2D eigenvalue weighted by Gasteiger charge is 2.08. The fraction of sp³-hybridized carbons (Fsp3) is 0.133. The van der Waals surface area contributed by atoms with Crippen molar-refractivity contribution in [1.82, 2.24) is 4.98 Å². The molecule has 3 rings (SSSR count). The average Bonchev–Trinajstić information content (AvgIpc) is 2.72. The van der Waals surface area contributed by atoms with Crippen LogP contribution in [0.25, 0.3) is 21.3 Å². The van der Waals surface area contributed by atoms with Crippen molar-refractivity contribution in [3.05, 3.63) is 53.0 Å². The number of fused-ring (bicyclic) bond motifs is 1. The van der Waals surface area contributed by atoms with Crippen LogP contribution in [0.1, 0.15) is 10.6 Å². The van der Waals surface area contributed by atoms with Gasteiger partial charge in [-0.15, -0.1) is 11.3 Å². The molecule has 3 aromatic rings. The van der Waals surface area contributed by atoms with E-state index in [1.807, 2.05) is 6.07 Å². The number of thiazole rings is 1. The van der Waals surface area contributed by atoms with Crippen LogP contribution in [-0.2, 0) is 0 Å². The second-order valence-corrected chi connectivity index (χ2v) is 5.42. The third-order valence-electron chi connectivity index (χ3n) is 3.01. The number of aromatic nitrogens is 1. The summed E-state index contributed by atoms with van der Waals surface area (Å²) >= 11 is 1.76. The maximum absolute atomic E-state index is 4.62. The molecule has 0 aliphatic carbocycles. The quantitative estimate of drug-likeness (QED) is 0.605. The van der Waals surface area contributed by atoms with E-state index in [2.05, 4.69) is 55.2 Å². The van der Waals surface area contributed by atoms with Crippen LogP contribution in [-0.4, -0.2) is 4.98 Å². The number of nitrogens with zero attached hydrogens (tertiary/aromatic N) is 1. The van der Waals surface area contributed by atoms with Crippen LogP contribution >= 0.6 is 11.3 Å². The summed E-state index contributed by atoms with van der Waals surface area (Å²) in [5, 5.41) is 1.13. The molecule has 0 saturated carbocycles. The molecule has 0 spiro atoms. The van der Waals surface area contributed by atoms with Crippen LogP contribution in [0, 0.1) is 13.8 Å². The molecule has 0 saturated heterocycles. The second kappa shape index (κ2) is 3.97. The van der Waals surface area contributed by atoms with Crippen molar-refractivity contribution in [2.24, 2.45) is 0 Å². The minimum absolute atomic E-state index is 1.13. The molecule has 0 amide bonds. The summed E-state index contributed by atoms with van der Waals surface area (Å²) in [5.74, 6) is 0. The van der Waals surface area contributed by atoms with Crippen molar-refractivity contribution in [2.75, 3.05) is 0 Å². The van der Waals surface area contributed by atoms with E-state index in [9.17, 15) is 0 Å². The molecule has 0 aliphatic rings. The lowest BCUT2D eigenvalue weighted by atomic mass is 10.00. The zero-order valence-electron chi connectivity index (χ0n) is 9.90. The molecular weight excluding hydrogens is 226 g/mol. The molecule has 2 aromatic carbocycles. The average molecular weight is 239 g/mol. The van der Waals surface area contributed by atoms with Crippen LogP contribution in [0.2, 0.25) is 0 Å². The van der Waals surface area contributed by atoms with E-state index in [1.54, 1.807) is 11.3 Å². The first-order valence-electron chi connectivity index (χ1n) is 5.68. The van der Waals surface area contributed by atoms with Gasteiger partial charge in [0.1, 0.15) is 0 Å². The van der Waals surface area contributed by atoms with Gasteiger partial charge in [0, 0.05) is 0 Å². The Bertz CT molecular complexity index is 668. The molecule has 84 valence electrons. The van der Waals surface area contributed by atoms with E-state index in [1.165, 1.54) is 21.4 Å². The summed E-state index contributed by atoms with van der Waals surface area (Å²) < 4.78 is 1.28. The summed E-state index contributed by atoms with van der Waals surface area (Å²) in [6, 6.07) is 14.9. The molecule has 0 aliphatic heterocycles. The van der Waals surface area contributed by atoms with Crippen molar-refractivity contribution in [1.29, 1.82) is 0 Å². The number of benzene rings is 2. The lowest BCUT2D eigenvalue weighted by Gasteiger charge is -2.06. The smallest absolute Gasteiger partial charge is 0.0907 e. The van der Waals surface area contributed by atoms with Gasteiger partial charge in [0.15, 0.2) is 0 Å². The van der Waals surface area contributed by atoms with Gasteiger partial charge in [0.05, 0.1) is 15.2 Å². The van der Waals surface area contributed by atoms with Gasteiger partial charge in [0.25, 0.3) is 0 Å². The molecule has 0 N–H and O–H groups in total. The highest BCUT2D eigenvalue weighted by atomic mass is 32.1. The summed E-state index contributed by atoms with van der Waals surface area (Å²) in [6.45, 7) is 4.22. The summed E-state index contributed by atoms with van der Waals surface area (Å²) in [6.07, 6.45) is 0. The lowest BCUT2D eigenvalue weighted by molar-refractivity contribution is 1.32. The minimum atomic E-state index is 1.13. The molecule has 0 atom stereocenters. The first-order valence-corrected chi connectivity index (χ1v) is 6.49. The number of hydrogen-bond donors (Lipinski definition) is 0. The Hall–Kier alpha value is -1.67. The van der Waals surface area contributed by atoms with E-state index < -0.39 is 0 Å². The molecule has 2 heteroatoms. The maximum atomic E-state index is 4.62. The monoisotopic (exact) mass is 239 g/mol. The first kappa shape index (κ1) is 10.5. The second-order valence-electron chi connectivity index (χ2n) is 4.18. The van der Waals surface area contributed by atoms with Gasteiger partial charge >= 0.3 is 0 Å². The van der Waals surface area contributed by atoms with Crippen molar-refractivity contribution >= 4 is 21.6 Å². The van der Waals surface area contributed by atoms with Gasteiger partial charge in [-0.2, -0.15) is 0 Å². The molecule has 1 heterocycles. The first-order chi connectivity index (χ1) is 8.25. The van der Waals surface area contributed by atoms with Crippen molar-refractivity contribution < 1.29 is 0 Å². The molecule has 0 bridgehead atoms. The molecule has 1 aromatic heterocycles. The van der Waals surface area contributed by atoms with Crippen molar-refractivity contribution in [2.45, 2.75) is 13.8 Å². The van der Waals surface area contributed by atoms with Gasteiger partial charge < -0.3 is 0 Å². The number of hydrogen-bond acceptors (Lipinski definition) is 2. The normalized spacial score (nSPS) is 10.9. The van der Waals surface area contributed by atoms with E-state index in [0.29, 0.717) is 0 Å². The minimum Gasteiger partial charge on any atom is -0.241 e. The standard InChI is InChI=1S/C15H13NS/c1-10-13(12-6-4-3-5-7-12)8-9-14-15(10)16-11(2)17-14/h3-9H,1-2H3. The van der Waals surface area contributed by atoms with Gasteiger partial charge in [-0.1, -0.05) is 36.4 Å². The Morgan fingerprint density at radius 2 is 1.71 bits per heavy atom. The van der Waals surface area contributed by atoms with Gasteiger partial charge in [-0.05, 0) is 36.6 Å². The Morgan fingerprint density at radius 1 is 0.941 bits per heavy atom. The van der Waals surface area contributed by atoms with Crippen molar-refractivity contribution in [3.63, 3.8) is 0 Å². The molecule has 1 nitrogen and oxygen atoms in total. The van der Waals surface area contributed by atoms with Gasteiger partial charge in [0.2, 0.25) is 0 Å². The Kier molecular flexibility index (Phi) is 2.45. The largest absolute Gasteiger partial charge is 0.241 e. The maximum Gasteiger partial charge on any atom is 0.0907 e. The van der Waals surface area contributed by atoms with E-state index in [0.717, 1.165) is 10.5 Å². The zero-order chi connectivity index (χ0) is 11.8. The van der Waals surface area contributed by atoms with Gasteiger partial charge in [-0.25, -0.2) is 4.98 Å². The fourth-order valence-electron chi connectivity index (χ4n) is 2.17. The molecule has 17 heavy (non-hydrogen) atoms.